The molecule has 2 aromatic rings. The van der Waals surface area contributed by atoms with E-state index in [9.17, 15) is 4.79 Å². The highest BCUT2D eigenvalue weighted by Crippen LogP contribution is 2.17. The van der Waals surface area contributed by atoms with Gasteiger partial charge in [0.05, 0.1) is 17.4 Å². The van der Waals surface area contributed by atoms with E-state index in [1.165, 1.54) is 0 Å². The highest BCUT2D eigenvalue weighted by Gasteiger charge is 2.18. The molecule has 130 valence electrons. The lowest BCUT2D eigenvalue weighted by atomic mass is 10.1. The molecule has 3 rings (SSSR count). The van der Waals surface area contributed by atoms with Gasteiger partial charge in [-0.2, -0.15) is 0 Å². The normalized spacial score (nSPS) is 16.2. The molecule has 0 saturated carbocycles. The molecule has 1 amide bonds. The molecule has 6 heteroatoms. The highest BCUT2D eigenvalue weighted by atomic mass is 32.1. The van der Waals surface area contributed by atoms with Gasteiger partial charge in [0.1, 0.15) is 0 Å². The number of thiocarbonyl (C=S) groups is 1. The second kappa shape index (κ2) is 8.60. The van der Waals surface area contributed by atoms with Crippen molar-refractivity contribution in [2.75, 3.05) is 23.8 Å². The van der Waals surface area contributed by atoms with Gasteiger partial charge in [-0.15, -0.1) is 0 Å². The summed E-state index contributed by atoms with van der Waals surface area (Å²) in [5.74, 6) is -0.138. The molecule has 1 heterocycles. The molecule has 0 aliphatic carbocycles. The van der Waals surface area contributed by atoms with Crippen LogP contribution in [0.2, 0.25) is 0 Å². The number of hydrogen-bond acceptors (Lipinski definition) is 3. The van der Waals surface area contributed by atoms with E-state index in [0.29, 0.717) is 22.9 Å². The molecule has 3 N–H and O–H groups in total. The van der Waals surface area contributed by atoms with Crippen molar-refractivity contribution in [3.8, 4) is 0 Å². The molecule has 1 aliphatic rings. The van der Waals surface area contributed by atoms with Crippen molar-refractivity contribution in [1.82, 2.24) is 5.32 Å². The smallest absolute Gasteiger partial charge is 0.253 e. The Kier molecular flexibility index (Phi) is 5.98. The Labute approximate surface area is 152 Å². The van der Waals surface area contributed by atoms with Gasteiger partial charge >= 0.3 is 0 Å². The Morgan fingerprint density at radius 3 is 2.60 bits per heavy atom. The zero-order chi connectivity index (χ0) is 17.5. The van der Waals surface area contributed by atoms with Gasteiger partial charge in [0, 0.05) is 18.8 Å². The number of ether oxygens (including phenoxy) is 1. The standard InChI is InChI=1S/C19H21N3O2S/c23-18(20-13-15-9-6-12-24-15)16-10-4-5-11-17(16)22-19(25)21-14-7-2-1-3-8-14/h1-5,7-8,10-11,15H,6,9,12-13H2,(H,20,23)(H2,21,22,25). The largest absolute Gasteiger partial charge is 0.376 e. The first-order valence-corrected chi connectivity index (χ1v) is 8.75. The van der Waals surface area contributed by atoms with Gasteiger partial charge in [-0.1, -0.05) is 30.3 Å². The summed E-state index contributed by atoms with van der Waals surface area (Å²) in [6.07, 6.45) is 2.16. The Hall–Kier alpha value is -2.44. The molecule has 1 atom stereocenters. The highest BCUT2D eigenvalue weighted by molar-refractivity contribution is 7.80. The molecule has 0 radical (unpaired) electrons. The summed E-state index contributed by atoms with van der Waals surface area (Å²) in [4.78, 5) is 12.5. The molecular formula is C19H21N3O2S. The average molecular weight is 355 g/mol. The van der Waals surface area contributed by atoms with Crippen LogP contribution in [0.15, 0.2) is 54.6 Å². The van der Waals surface area contributed by atoms with Gasteiger partial charge in [-0.3, -0.25) is 4.79 Å². The van der Waals surface area contributed by atoms with Crippen LogP contribution in [-0.2, 0) is 4.74 Å². The van der Waals surface area contributed by atoms with Crippen LogP contribution in [0.4, 0.5) is 11.4 Å². The number of benzene rings is 2. The van der Waals surface area contributed by atoms with Gasteiger partial charge in [0.15, 0.2) is 5.11 Å². The molecule has 5 nitrogen and oxygen atoms in total. The molecule has 0 aromatic heterocycles. The number of anilines is 2. The number of rotatable bonds is 5. The fourth-order valence-electron chi connectivity index (χ4n) is 2.70. The molecule has 25 heavy (non-hydrogen) atoms. The lowest BCUT2D eigenvalue weighted by Gasteiger charge is -2.15. The van der Waals surface area contributed by atoms with Crippen LogP contribution in [0.3, 0.4) is 0 Å². The van der Waals surface area contributed by atoms with Crippen LogP contribution in [0.1, 0.15) is 23.2 Å². The SMILES string of the molecule is O=C(NCC1CCCO1)c1ccccc1NC(=S)Nc1ccccc1. The number of amides is 1. The summed E-state index contributed by atoms with van der Waals surface area (Å²) >= 11 is 5.34. The number of para-hydroxylation sites is 2. The fourth-order valence-corrected chi connectivity index (χ4v) is 2.93. The second-order valence-corrected chi connectivity index (χ2v) is 6.24. The molecule has 1 unspecified atom stereocenters. The predicted octanol–water partition coefficient (Wildman–Crippen LogP) is 3.40. The Balaban J connectivity index is 1.61. The van der Waals surface area contributed by atoms with Crippen LogP contribution < -0.4 is 16.0 Å². The third-order valence-corrected chi connectivity index (χ3v) is 4.17. The van der Waals surface area contributed by atoms with Crippen molar-refractivity contribution in [2.24, 2.45) is 0 Å². The van der Waals surface area contributed by atoms with E-state index in [1.54, 1.807) is 6.07 Å². The maximum absolute atomic E-state index is 12.5. The molecule has 0 bridgehead atoms. The summed E-state index contributed by atoms with van der Waals surface area (Å²) in [6.45, 7) is 1.30. The van der Waals surface area contributed by atoms with Crippen molar-refractivity contribution in [3.05, 3.63) is 60.2 Å². The fraction of sp³-hybridized carbons (Fsp3) is 0.263. The Morgan fingerprint density at radius 1 is 1.08 bits per heavy atom. The van der Waals surface area contributed by atoms with E-state index in [1.807, 2.05) is 48.5 Å². The molecule has 2 aromatic carbocycles. The van der Waals surface area contributed by atoms with E-state index in [0.717, 1.165) is 25.1 Å². The van der Waals surface area contributed by atoms with Crippen LogP contribution in [0, 0.1) is 0 Å². The maximum atomic E-state index is 12.5. The monoisotopic (exact) mass is 355 g/mol. The minimum Gasteiger partial charge on any atom is -0.376 e. The van der Waals surface area contributed by atoms with Crippen molar-refractivity contribution >= 4 is 34.6 Å². The predicted molar refractivity (Wildman–Crippen MR) is 104 cm³/mol. The zero-order valence-corrected chi connectivity index (χ0v) is 14.6. The first kappa shape index (κ1) is 17.4. The van der Waals surface area contributed by atoms with E-state index < -0.39 is 0 Å². The topological polar surface area (TPSA) is 62.4 Å². The quantitative estimate of drug-likeness (QED) is 0.718. The first-order chi connectivity index (χ1) is 12.2. The van der Waals surface area contributed by atoms with E-state index in [4.69, 9.17) is 17.0 Å². The summed E-state index contributed by atoms with van der Waals surface area (Å²) < 4.78 is 5.54. The van der Waals surface area contributed by atoms with E-state index in [2.05, 4.69) is 16.0 Å². The summed E-state index contributed by atoms with van der Waals surface area (Å²) in [5.41, 5.74) is 2.11. The Morgan fingerprint density at radius 2 is 1.84 bits per heavy atom. The molecular weight excluding hydrogens is 334 g/mol. The lowest BCUT2D eigenvalue weighted by molar-refractivity contribution is 0.0858. The van der Waals surface area contributed by atoms with Crippen molar-refractivity contribution in [3.63, 3.8) is 0 Å². The first-order valence-electron chi connectivity index (χ1n) is 8.34. The van der Waals surface area contributed by atoms with Crippen LogP contribution in [0.5, 0.6) is 0 Å². The summed E-state index contributed by atoms with van der Waals surface area (Å²) in [7, 11) is 0. The van der Waals surface area contributed by atoms with Gasteiger partial charge in [0.25, 0.3) is 5.91 Å². The number of nitrogens with one attached hydrogen (secondary N) is 3. The molecule has 1 saturated heterocycles. The van der Waals surface area contributed by atoms with Gasteiger partial charge in [-0.25, -0.2) is 0 Å². The Bertz CT molecular complexity index is 730. The third kappa shape index (κ3) is 5.01. The number of carbonyl (C=O) groups excluding carboxylic acids is 1. The minimum atomic E-state index is -0.138. The zero-order valence-electron chi connectivity index (χ0n) is 13.8. The third-order valence-electron chi connectivity index (χ3n) is 3.97. The summed E-state index contributed by atoms with van der Waals surface area (Å²) in [5, 5.41) is 9.57. The van der Waals surface area contributed by atoms with Crippen LogP contribution >= 0.6 is 12.2 Å². The second-order valence-electron chi connectivity index (χ2n) is 5.84. The maximum Gasteiger partial charge on any atom is 0.253 e. The minimum absolute atomic E-state index is 0.116. The van der Waals surface area contributed by atoms with Gasteiger partial charge in [-0.05, 0) is 49.3 Å². The summed E-state index contributed by atoms with van der Waals surface area (Å²) in [6, 6.07) is 17.0. The van der Waals surface area contributed by atoms with Crippen molar-refractivity contribution in [1.29, 1.82) is 0 Å². The van der Waals surface area contributed by atoms with Gasteiger partial charge in [0.2, 0.25) is 0 Å². The van der Waals surface area contributed by atoms with Crippen molar-refractivity contribution < 1.29 is 9.53 Å². The molecule has 1 fully saturated rings. The van der Waals surface area contributed by atoms with Crippen LogP contribution in [-0.4, -0.2) is 30.3 Å². The lowest BCUT2D eigenvalue weighted by Crippen LogP contribution is -2.32. The number of hydrogen-bond donors (Lipinski definition) is 3. The molecule has 1 aliphatic heterocycles. The van der Waals surface area contributed by atoms with Crippen molar-refractivity contribution in [2.45, 2.75) is 18.9 Å². The van der Waals surface area contributed by atoms with E-state index in [-0.39, 0.29) is 12.0 Å². The number of carbonyl (C=O) groups is 1. The molecule has 0 spiro atoms. The average Bonchev–Trinajstić information content (AvgIpc) is 3.14. The van der Waals surface area contributed by atoms with E-state index >= 15 is 0 Å². The van der Waals surface area contributed by atoms with Gasteiger partial charge < -0.3 is 20.7 Å². The van der Waals surface area contributed by atoms with Crippen LogP contribution in [0.25, 0.3) is 0 Å².